The highest BCUT2D eigenvalue weighted by Crippen LogP contribution is 2.21. The van der Waals surface area contributed by atoms with Gasteiger partial charge in [-0.05, 0) is 25.1 Å². The first-order valence-electron chi connectivity index (χ1n) is 6.60. The molecule has 1 amide bonds. The molecule has 1 aromatic carbocycles. The molecule has 0 bridgehead atoms. The van der Waals surface area contributed by atoms with Crippen molar-refractivity contribution in [1.29, 1.82) is 0 Å². The first-order valence-corrected chi connectivity index (χ1v) is 6.60. The van der Waals surface area contributed by atoms with Gasteiger partial charge in [0.1, 0.15) is 0 Å². The van der Waals surface area contributed by atoms with Crippen LogP contribution in [0.3, 0.4) is 0 Å². The van der Waals surface area contributed by atoms with Crippen LogP contribution in [0.5, 0.6) is 0 Å². The van der Waals surface area contributed by atoms with Gasteiger partial charge in [-0.1, -0.05) is 0 Å². The molecule has 3 N–H and O–H groups in total. The number of nitrogens with one attached hydrogen (secondary N) is 1. The fourth-order valence-corrected chi connectivity index (χ4v) is 1.83. The number of nitrogens with zero attached hydrogens (tertiary/aromatic N) is 3. The number of aromatic nitrogens is 2. The van der Waals surface area contributed by atoms with E-state index in [0.717, 1.165) is 11.4 Å². The summed E-state index contributed by atoms with van der Waals surface area (Å²) in [5.41, 5.74) is 9.33. The summed E-state index contributed by atoms with van der Waals surface area (Å²) < 4.78 is 0. The average molecular weight is 285 g/mol. The van der Waals surface area contributed by atoms with Crippen molar-refractivity contribution in [2.75, 3.05) is 25.1 Å². The number of carbonyl (C=O) groups excluding carboxylic acids is 1. The number of hydrogen-bond acceptors (Lipinski definition) is 5. The highest BCUT2D eigenvalue weighted by atomic mass is 16.2. The summed E-state index contributed by atoms with van der Waals surface area (Å²) >= 11 is 0. The second-order valence-corrected chi connectivity index (χ2v) is 5.01. The fourth-order valence-electron chi connectivity index (χ4n) is 1.83. The largest absolute Gasteiger partial charge is 0.399 e. The molecule has 0 aliphatic heterocycles. The summed E-state index contributed by atoms with van der Waals surface area (Å²) in [5.74, 6) is -0.0764. The number of amides is 1. The second kappa shape index (κ2) is 6.21. The molecule has 0 radical (unpaired) electrons. The molecule has 110 valence electrons. The molecule has 6 nitrogen and oxygen atoms in total. The van der Waals surface area contributed by atoms with Crippen molar-refractivity contribution in [2.24, 2.45) is 0 Å². The van der Waals surface area contributed by atoms with Crippen LogP contribution in [0.15, 0.2) is 30.6 Å². The van der Waals surface area contributed by atoms with Gasteiger partial charge < -0.3 is 16.0 Å². The SMILES string of the molecule is Cc1cnc(CNc2cc(N)ccc2C(=O)N(C)C)cn1. The minimum absolute atomic E-state index is 0.0764. The quantitative estimate of drug-likeness (QED) is 0.835. The van der Waals surface area contributed by atoms with Crippen LogP contribution in [0.25, 0.3) is 0 Å². The summed E-state index contributed by atoms with van der Waals surface area (Å²) in [4.78, 5) is 22.1. The lowest BCUT2D eigenvalue weighted by atomic mass is 10.1. The zero-order valence-corrected chi connectivity index (χ0v) is 12.4. The number of aryl methyl sites for hydroxylation is 1. The van der Waals surface area contributed by atoms with Crippen LogP contribution in [-0.4, -0.2) is 34.9 Å². The second-order valence-electron chi connectivity index (χ2n) is 5.01. The van der Waals surface area contributed by atoms with E-state index in [0.29, 0.717) is 23.5 Å². The van der Waals surface area contributed by atoms with Crippen molar-refractivity contribution in [2.45, 2.75) is 13.5 Å². The molecule has 0 atom stereocenters. The van der Waals surface area contributed by atoms with Crippen LogP contribution >= 0.6 is 0 Å². The first kappa shape index (κ1) is 14.8. The number of nitrogens with two attached hydrogens (primary N) is 1. The molecule has 1 aromatic heterocycles. The minimum Gasteiger partial charge on any atom is -0.399 e. The Morgan fingerprint density at radius 1 is 1.29 bits per heavy atom. The van der Waals surface area contributed by atoms with E-state index in [4.69, 9.17) is 5.73 Å². The molecule has 0 aliphatic rings. The average Bonchev–Trinajstić information content (AvgIpc) is 2.46. The van der Waals surface area contributed by atoms with Crippen LogP contribution in [-0.2, 0) is 6.54 Å². The molecule has 0 aliphatic carbocycles. The van der Waals surface area contributed by atoms with E-state index in [1.807, 2.05) is 6.92 Å². The number of carbonyl (C=O) groups is 1. The van der Waals surface area contributed by atoms with Crippen molar-refractivity contribution in [3.05, 3.63) is 47.5 Å². The van der Waals surface area contributed by atoms with Gasteiger partial charge in [0, 0.05) is 31.7 Å². The van der Waals surface area contributed by atoms with E-state index in [1.54, 1.807) is 44.7 Å². The zero-order valence-electron chi connectivity index (χ0n) is 12.4. The van der Waals surface area contributed by atoms with Gasteiger partial charge in [-0.15, -0.1) is 0 Å². The van der Waals surface area contributed by atoms with Gasteiger partial charge in [-0.25, -0.2) is 0 Å². The predicted octanol–water partition coefficient (Wildman–Crippen LogP) is 1.68. The van der Waals surface area contributed by atoms with E-state index >= 15 is 0 Å². The summed E-state index contributed by atoms with van der Waals surface area (Å²) in [6.07, 6.45) is 3.42. The van der Waals surface area contributed by atoms with Gasteiger partial charge in [0.25, 0.3) is 5.91 Å². The monoisotopic (exact) mass is 285 g/mol. The maximum Gasteiger partial charge on any atom is 0.255 e. The first-order chi connectivity index (χ1) is 9.97. The summed E-state index contributed by atoms with van der Waals surface area (Å²) in [5, 5.41) is 3.20. The Hall–Kier alpha value is -2.63. The third-order valence-electron chi connectivity index (χ3n) is 2.97. The molecule has 0 fully saturated rings. The third kappa shape index (κ3) is 3.68. The highest BCUT2D eigenvalue weighted by molar-refractivity contribution is 5.99. The van der Waals surface area contributed by atoms with Crippen molar-refractivity contribution >= 4 is 17.3 Å². The number of anilines is 2. The van der Waals surface area contributed by atoms with E-state index in [1.165, 1.54) is 4.90 Å². The maximum atomic E-state index is 12.1. The number of hydrogen-bond donors (Lipinski definition) is 2. The van der Waals surface area contributed by atoms with E-state index in [-0.39, 0.29) is 5.91 Å². The molecule has 2 aromatic rings. The number of nitrogen functional groups attached to an aromatic ring is 1. The van der Waals surface area contributed by atoms with Gasteiger partial charge in [-0.3, -0.25) is 14.8 Å². The van der Waals surface area contributed by atoms with E-state index in [9.17, 15) is 4.79 Å². The van der Waals surface area contributed by atoms with Crippen molar-refractivity contribution in [3.8, 4) is 0 Å². The molecule has 1 heterocycles. The summed E-state index contributed by atoms with van der Waals surface area (Å²) in [7, 11) is 3.43. The van der Waals surface area contributed by atoms with Gasteiger partial charge >= 0.3 is 0 Å². The Morgan fingerprint density at radius 3 is 2.67 bits per heavy atom. The van der Waals surface area contributed by atoms with E-state index in [2.05, 4.69) is 15.3 Å². The Bertz CT molecular complexity index is 637. The number of rotatable bonds is 4. The lowest BCUT2D eigenvalue weighted by molar-refractivity contribution is 0.0828. The molecule has 0 saturated carbocycles. The molecule has 2 rings (SSSR count). The fraction of sp³-hybridized carbons (Fsp3) is 0.267. The van der Waals surface area contributed by atoms with Gasteiger partial charge in [0.15, 0.2) is 0 Å². The molecule has 0 spiro atoms. The van der Waals surface area contributed by atoms with Crippen LogP contribution in [0.4, 0.5) is 11.4 Å². The molecule has 0 unspecified atom stereocenters. The highest BCUT2D eigenvalue weighted by Gasteiger charge is 2.13. The normalized spacial score (nSPS) is 10.2. The van der Waals surface area contributed by atoms with Crippen LogP contribution in [0.1, 0.15) is 21.7 Å². The van der Waals surface area contributed by atoms with Gasteiger partial charge in [0.05, 0.1) is 29.7 Å². The maximum absolute atomic E-state index is 12.1. The predicted molar refractivity (Wildman–Crippen MR) is 83.0 cm³/mol. The van der Waals surface area contributed by atoms with Crippen molar-refractivity contribution in [1.82, 2.24) is 14.9 Å². The van der Waals surface area contributed by atoms with Crippen LogP contribution in [0, 0.1) is 6.92 Å². The molecular weight excluding hydrogens is 266 g/mol. The van der Waals surface area contributed by atoms with Crippen LogP contribution < -0.4 is 11.1 Å². The van der Waals surface area contributed by atoms with Gasteiger partial charge in [-0.2, -0.15) is 0 Å². The van der Waals surface area contributed by atoms with Crippen molar-refractivity contribution in [3.63, 3.8) is 0 Å². The lowest BCUT2D eigenvalue weighted by Gasteiger charge is -2.15. The Labute approximate surface area is 124 Å². The standard InChI is InChI=1S/C15H19N5O/c1-10-7-18-12(8-17-10)9-19-14-6-11(16)4-5-13(14)15(21)20(2)3/h4-8,19H,9,16H2,1-3H3. The van der Waals surface area contributed by atoms with Gasteiger partial charge in [0.2, 0.25) is 0 Å². The molecule has 0 saturated heterocycles. The summed E-state index contributed by atoms with van der Waals surface area (Å²) in [6.45, 7) is 2.36. The van der Waals surface area contributed by atoms with Crippen molar-refractivity contribution < 1.29 is 4.79 Å². The zero-order chi connectivity index (χ0) is 15.4. The van der Waals surface area contributed by atoms with E-state index < -0.39 is 0 Å². The summed E-state index contributed by atoms with van der Waals surface area (Å²) in [6, 6.07) is 5.19. The Kier molecular flexibility index (Phi) is 4.37. The molecular formula is C15H19N5O. The Morgan fingerprint density at radius 2 is 2.05 bits per heavy atom. The third-order valence-corrected chi connectivity index (χ3v) is 2.97. The topological polar surface area (TPSA) is 84.1 Å². The molecule has 6 heteroatoms. The number of benzene rings is 1. The molecule has 21 heavy (non-hydrogen) atoms. The lowest BCUT2D eigenvalue weighted by Crippen LogP contribution is -2.23. The Balaban J connectivity index is 2.20. The minimum atomic E-state index is -0.0764. The van der Waals surface area contributed by atoms with Crippen LogP contribution in [0.2, 0.25) is 0 Å². The smallest absolute Gasteiger partial charge is 0.255 e.